The minimum Gasteiger partial charge on any atom is -0.316 e. The van der Waals surface area contributed by atoms with Crippen molar-refractivity contribution in [2.75, 3.05) is 13.1 Å². The van der Waals surface area contributed by atoms with E-state index in [9.17, 15) is 4.79 Å². The number of aromatic amines is 1. The molecule has 92 valence electrons. The maximum Gasteiger partial charge on any atom is 0.251 e. The average molecular weight is 266 g/mol. The van der Waals surface area contributed by atoms with Crippen LogP contribution in [0.4, 0.5) is 0 Å². The van der Waals surface area contributed by atoms with Gasteiger partial charge in [-0.05, 0) is 26.3 Å². The standard InChI is InChI=1S/C10H15N3O.2ClH/c1-7-5-9(14)13-10(12-7)8-3-2-4-11-6-8;;/h5,8,11H,2-4,6H2,1H3,(H,12,13,14);2*1H. The van der Waals surface area contributed by atoms with Crippen LogP contribution in [0.3, 0.4) is 0 Å². The summed E-state index contributed by atoms with van der Waals surface area (Å²) >= 11 is 0. The first-order valence-electron chi connectivity index (χ1n) is 5.04. The molecule has 1 saturated heterocycles. The van der Waals surface area contributed by atoms with Gasteiger partial charge in [-0.25, -0.2) is 4.98 Å². The smallest absolute Gasteiger partial charge is 0.251 e. The van der Waals surface area contributed by atoms with Crippen LogP contribution in [-0.2, 0) is 0 Å². The van der Waals surface area contributed by atoms with Crippen molar-refractivity contribution in [2.45, 2.75) is 25.7 Å². The zero-order valence-corrected chi connectivity index (χ0v) is 10.8. The van der Waals surface area contributed by atoms with Crippen LogP contribution in [0.25, 0.3) is 0 Å². The van der Waals surface area contributed by atoms with E-state index in [4.69, 9.17) is 0 Å². The van der Waals surface area contributed by atoms with Gasteiger partial charge in [-0.15, -0.1) is 24.8 Å². The Morgan fingerprint density at radius 2 is 2.19 bits per heavy atom. The highest BCUT2D eigenvalue weighted by Crippen LogP contribution is 2.18. The van der Waals surface area contributed by atoms with E-state index in [1.165, 1.54) is 6.07 Å². The molecular formula is C10H17Cl2N3O. The Morgan fingerprint density at radius 1 is 1.44 bits per heavy atom. The number of halogens is 2. The average Bonchev–Trinajstić information content (AvgIpc) is 2.18. The number of H-pyrrole nitrogens is 1. The molecule has 1 aliphatic heterocycles. The third-order valence-corrected chi connectivity index (χ3v) is 2.57. The third kappa shape index (κ3) is 3.77. The lowest BCUT2D eigenvalue weighted by Crippen LogP contribution is -2.30. The van der Waals surface area contributed by atoms with E-state index in [2.05, 4.69) is 15.3 Å². The number of aromatic nitrogens is 2. The quantitative estimate of drug-likeness (QED) is 0.807. The molecule has 1 unspecified atom stereocenters. The lowest BCUT2D eigenvalue weighted by Gasteiger charge is -2.21. The molecule has 1 aromatic rings. The summed E-state index contributed by atoms with van der Waals surface area (Å²) in [6.45, 7) is 3.86. The summed E-state index contributed by atoms with van der Waals surface area (Å²) in [6.07, 6.45) is 2.27. The zero-order chi connectivity index (χ0) is 9.97. The molecule has 2 rings (SSSR count). The summed E-state index contributed by atoms with van der Waals surface area (Å²) in [5.74, 6) is 1.21. The number of hydrogen-bond acceptors (Lipinski definition) is 3. The number of piperidine rings is 1. The van der Waals surface area contributed by atoms with Crippen LogP contribution in [-0.4, -0.2) is 23.1 Å². The molecule has 16 heavy (non-hydrogen) atoms. The van der Waals surface area contributed by atoms with Crippen molar-refractivity contribution in [1.29, 1.82) is 0 Å². The molecule has 1 aromatic heterocycles. The van der Waals surface area contributed by atoms with E-state index in [0.717, 1.165) is 37.4 Å². The molecule has 0 spiro atoms. The number of nitrogens with zero attached hydrogens (tertiary/aromatic N) is 1. The summed E-state index contributed by atoms with van der Waals surface area (Å²) < 4.78 is 0. The van der Waals surface area contributed by atoms with Gasteiger partial charge in [0.1, 0.15) is 5.82 Å². The van der Waals surface area contributed by atoms with Gasteiger partial charge in [0.25, 0.3) is 5.56 Å². The molecule has 4 nitrogen and oxygen atoms in total. The Bertz CT molecular complexity index is 375. The molecule has 0 amide bonds. The summed E-state index contributed by atoms with van der Waals surface area (Å²) in [5.41, 5.74) is 0.757. The predicted octanol–water partition coefficient (Wildman–Crippen LogP) is 1.39. The molecule has 0 bridgehead atoms. The normalized spacial score (nSPS) is 19.4. The van der Waals surface area contributed by atoms with Gasteiger partial charge < -0.3 is 10.3 Å². The Kier molecular flexibility index (Phi) is 6.64. The number of hydrogen-bond donors (Lipinski definition) is 2. The second-order valence-corrected chi connectivity index (χ2v) is 3.82. The van der Waals surface area contributed by atoms with Gasteiger partial charge in [0.05, 0.1) is 0 Å². The number of rotatable bonds is 1. The Hall–Kier alpha value is -0.580. The number of nitrogens with one attached hydrogen (secondary N) is 2. The van der Waals surface area contributed by atoms with Crippen LogP contribution < -0.4 is 10.9 Å². The molecule has 1 aliphatic rings. The molecule has 2 N–H and O–H groups in total. The second kappa shape index (κ2) is 6.89. The van der Waals surface area contributed by atoms with E-state index in [-0.39, 0.29) is 30.4 Å². The highest BCUT2D eigenvalue weighted by Gasteiger charge is 2.17. The fraction of sp³-hybridized carbons (Fsp3) is 0.600. The van der Waals surface area contributed by atoms with Crippen molar-refractivity contribution in [3.8, 4) is 0 Å². The number of aryl methyl sites for hydroxylation is 1. The van der Waals surface area contributed by atoms with E-state index < -0.39 is 0 Å². The van der Waals surface area contributed by atoms with E-state index in [0.29, 0.717) is 5.92 Å². The van der Waals surface area contributed by atoms with Crippen molar-refractivity contribution in [2.24, 2.45) is 0 Å². The van der Waals surface area contributed by atoms with E-state index >= 15 is 0 Å². The van der Waals surface area contributed by atoms with Crippen LogP contribution in [0.2, 0.25) is 0 Å². The summed E-state index contributed by atoms with van der Waals surface area (Å²) in [6, 6.07) is 1.53. The van der Waals surface area contributed by atoms with Crippen molar-refractivity contribution < 1.29 is 0 Å². The maximum atomic E-state index is 11.2. The highest BCUT2D eigenvalue weighted by atomic mass is 35.5. The van der Waals surface area contributed by atoms with Crippen molar-refractivity contribution >= 4 is 24.8 Å². The molecule has 1 atom stereocenters. The molecule has 0 aromatic carbocycles. The van der Waals surface area contributed by atoms with E-state index in [1.54, 1.807) is 0 Å². The fourth-order valence-electron chi connectivity index (χ4n) is 1.88. The largest absolute Gasteiger partial charge is 0.316 e. The van der Waals surface area contributed by atoms with Crippen LogP contribution in [0, 0.1) is 6.92 Å². The predicted molar refractivity (Wildman–Crippen MR) is 68.9 cm³/mol. The van der Waals surface area contributed by atoms with Gasteiger partial charge in [0.2, 0.25) is 0 Å². The Balaban J connectivity index is 0.00000112. The van der Waals surface area contributed by atoms with Crippen molar-refractivity contribution in [3.05, 3.63) is 27.9 Å². The lowest BCUT2D eigenvalue weighted by atomic mass is 9.99. The van der Waals surface area contributed by atoms with Crippen LogP contribution in [0.1, 0.15) is 30.3 Å². The van der Waals surface area contributed by atoms with E-state index in [1.807, 2.05) is 6.92 Å². The van der Waals surface area contributed by atoms with Gasteiger partial charge in [-0.1, -0.05) is 0 Å². The molecule has 6 heteroatoms. The molecule has 0 saturated carbocycles. The Labute approximate surface area is 107 Å². The molecular weight excluding hydrogens is 249 g/mol. The lowest BCUT2D eigenvalue weighted by molar-refractivity contribution is 0.445. The highest BCUT2D eigenvalue weighted by molar-refractivity contribution is 5.85. The minimum absolute atomic E-state index is 0. The molecule has 2 heterocycles. The van der Waals surface area contributed by atoms with Crippen LogP contribution in [0.15, 0.2) is 10.9 Å². The maximum absolute atomic E-state index is 11.2. The van der Waals surface area contributed by atoms with Gasteiger partial charge in [-0.2, -0.15) is 0 Å². The molecule has 0 aliphatic carbocycles. The SMILES string of the molecule is Cc1cc(=O)[nH]c(C2CCCNC2)n1.Cl.Cl. The minimum atomic E-state index is -0.0435. The fourth-order valence-corrected chi connectivity index (χ4v) is 1.88. The summed E-state index contributed by atoms with van der Waals surface area (Å²) in [5, 5.41) is 3.31. The first-order valence-corrected chi connectivity index (χ1v) is 5.04. The summed E-state index contributed by atoms with van der Waals surface area (Å²) in [4.78, 5) is 18.4. The van der Waals surface area contributed by atoms with Gasteiger partial charge >= 0.3 is 0 Å². The van der Waals surface area contributed by atoms with Crippen molar-refractivity contribution in [1.82, 2.24) is 15.3 Å². The van der Waals surface area contributed by atoms with Gasteiger partial charge in [-0.3, -0.25) is 4.79 Å². The molecule has 1 fully saturated rings. The van der Waals surface area contributed by atoms with Gasteiger partial charge in [0, 0.05) is 24.2 Å². The van der Waals surface area contributed by atoms with Gasteiger partial charge in [0.15, 0.2) is 0 Å². The first kappa shape index (κ1) is 15.4. The first-order chi connectivity index (χ1) is 6.75. The monoisotopic (exact) mass is 265 g/mol. The molecule has 0 radical (unpaired) electrons. The third-order valence-electron chi connectivity index (χ3n) is 2.57. The second-order valence-electron chi connectivity index (χ2n) is 3.82. The van der Waals surface area contributed by atoms with Crippen LogP contribution in [0.5, 0.6) is 0 Å². The Morgan fingerprint density at radius 3 is 2.75 bits per heavy atom. The zero-order valence-electron chi connectivity index (χ0n) is 9.16. The van der Waals surface area contributed by atoms with Crippen LogP contribution >= 0.6 is 24.8 Å². The topological polar surface area (TPSA) is 57.8 Å². The van der Waals surface area contributed by atoms with Crippen molar-refractivity contribution in [3.63, 3.8) is 0 Å². The summed E-state index contributed by atoms with van der Waals surface area (Å²) in [7, 11) is 0.